The molecule has 0 saturated carbocycles. The number of nitrogens with one attached hydrogen (secondary N) is 1. The summed E-state index contributed by atoms with van der Waals surface area (Å²) in [4.78, 5) is 26.6. The van der Waals surface area contributed by atoms with Gasteiger partial charge in [-0.05, 0) is 29.3 Å². The van der Waals surface area contributed by atoms with Crippen molar-refractivity contribution in [2.24, 2.45) is 0 Å². The zero-order valence-corrected chi connectivity index (χ0v) is 17.6. The van der Waals surface area contributed by atoms with E-state index in [0.29, 0.717) is 16.1 Å². The number of hydrogen-bond acceptors (Lipinski definition) is 2. The minimum Gasteiger partial charge on any atom is -0.353 e. The standard InChI is InChI=1S/C23H19ClF3N3O2/c24-17-8-6-16(7-9-17)18-12-19(23(25,26)27)30(13-15-4-2-1-3-5-15)21(18)22(32)29-11-10-28-20(31)14-29/h1-9,12H,10-11,13-14H2,(H,28,31). The first kappa shape index (κ1) is 22.0. The van der Waals surface area contributed by atoms with Crippen LogP contribution in [0.3, 0.4) is 0 Å². The van der Waals surface area contributed by atoms with Crippen LogP contribution < -0.4 is 5.32 Å². The third-order valence-electron chi connectivity index (χ3n) is 5.25. The molecule has 1 fully saturated rings. The predicted molar refractivity (Wildman–Crippen MR) is 114 cm³/mol. The molecule has 1 aliphatic rings. The highest BCUT2D eigenvalue weighted by Gasteiger charge is 2.39. The van der Waals surface area contributed by atoms with E-state index >= 15 is 0 Å². The average Bonchev–Trinajstić information content (AvgIpc) is 3.14. The highest BCUT2D eigenvalue weighted by molar-refractivity contribution is 6.30. The van der Waals surface area contributed by atoms with Crippen molar-refractivity contribution in [2.75, 3.05) is 19.6 Å². The molecule has 0 unspecified atom stereocenters. The third-order valence-corrected chi connectivity index (χ3v) is 5.51. The van der Waals surface area contributed by atoms with Crippen LogP contribution in [0.1, 0.15) is 21.7 Å². The second-order valence-electron chi connectivity index (χ2n) is 7.44. The van der Waals surface area contributed by atoms with Crippen LogP contribution in [0, 0.1) is 0 Å². The first-order valence-corrected chi connectivity index (χ1v) is 10.3. The van der Waals surface area contributed by atoms with Crippen molar-refractivity contribution in [1.82, 2.24) is 14.8 Å². The molecule has 0 atom stereocenters. The van der Waals surface area contributed by atoms with E-state index in [-0.39, 0.29) is 43.3 Å². The van der Waals surface area contributed by atoms with Crippen LogP contribution in [0.2, 0.25) is 5.02 Å². The highest BCUT2D eigenvalue weighted by atomic mass is 35.5. The fraction of sp³-hybridized carbons (Fsp3) is 0.217. The van der Waals surface area contributed by atoms with Gasteiger partial charge in [0.05, 0.1) is 6.54 Å². The number of benzene rings is 2. The van der Waals surface area contributed by atoms with Gasteiger partial charge in [-0.2, -0.15) is 13.2 Å². The minimum absolute atomic E-state index is 0.113. The van der Waals surface area contributed by atoms with Crippen LogP contribution in [0.5, 0.6) is 0 Å². The smallest absolute Gasteiger partial charge is 0.353 e. The van der Waals surface area contributed by atoms with Gasteiger partial charge in [0.15, 0.2) is 0 Å². The van der Waals surface area contributed by atoms with Crippen LogP contribution in [0.15, 0.2) is 60.7 Å². The van der Waals surface area contributed by atoms with Crippen molar-refractivity contribution < 1.29 is 22.8 Å². The van der Waals surface area contributed by atoms with E-state index in [1.165, 1.54) is 4.90 Å². The number of alkyl halides is 3. The molecule has 2 aromatic carbocycles. The molecule has 0 radical (unpaired) electrons. The largest absolute Gasteiger partial charge is 0.431 e. The topological polar surface area (TPSA) is 54.3 Å². The Morgan fingerprint density at radius 2 is 1.75 bits per heavy atom. The summed E-state index contributed by atoms with van der Waals surface area (Å²) in [7, 11) is 0. The molecular formula is C23H19ClF3N3O2. The number of carbonyl (C=O) groups excluding carboxylic acids is 2. The first-order chi connectivity index (χ1) is 15.2. The molecule has 32 heavy (non-hydrogen) atoms. The molecule has 1 saturated heterocycles. The maximum absolute atomic E-state index is 14.1. The molecule has 166 valence electrons. The summed E-state index contributed by atoms with van der Waals surface area (Å²) in [5.41, 5.74) is 0.133. The quantitative estimate of drug-likeness (QED) is 0.624. The molecule has 2 heterocycles. The third kappa shape index (κ3) is 4.50. The molecule has 1 aliphatic heterocycles. The Balaban J connectivity index is 1.91. The lowest BCUT2D eigenvalue weighted by Crippen LogP contribution is -2.50. The molecule has 2 amide bonds. The lowest BCUT2D eigenvalue weighted by Gasteiger charge is -2.28. The van der Waals surface area contributed by atoms with Crippen molar-refractivity contribution in [2.45, 2.75) is 12.7 Å². The summed E-state index contributed by atoms with van der Waals surface area (Å²) in [6.07, 6.45) is -4.69. The fourth-order valence-electron chi connectivity index (χ4n) is 3.76. The fourth-order valence-corrected chi connectivity index (χ4v) is 3.88. The van der Waals surface area contributed by atoms with Crippen molar-refractivity contribution in [3.05, 3.63) is 82.6 Å². The summed E-state index contributed by atoms with van der Waals surface area (Å²) in [6.45, 7) is 0.0933. The number of hydrogen-bond donors (Lipinski definition) is 1. The van der Waals surface area contributed by atoms with E-state index in [4.69, 9.17) is 11.6 Å². The summed E-state index contributed by atoms with van der Waals surface area (Å²) in [5.74, 6) is -0.980. The monoisotopic (exact) mass is 461 g/mol. The Hall–Kier alpha value is -3.26. The second-order valence-corrected chi connectivity index (χ2v) is 7.88. The lowest BCUT2D eigenvalue weighted by molar-refractivity contribution is -0.143. The van der Waals surface area contributed by atoms with Gasteiger partial charge in [-0.3, -0.25) is 9.59 Å². The molecule has 0 spiro atoms. The molecule has 1 N–H and O–H groups in total. The summed E-state index contributed by atoms with van der Waals surface area (Å²) in [5, 5.41) is 3.05. The van der Waals surface area contributed by atoms with Crippen LogP contribution in [0.25, 0.3) is 11.1 Å². The van der Waals surface area contributed by atoms with Gasteiger partial charge in [0.2, 0.25) is 5.91 Å². The normalized spacial score (nSPS) is 14.4. The SMILES string of the molecule is O=C1CN(C(=O)c2c(-c3ccc(Cl)cc3)cc(C(F)(F)F)n2Cc2ccccc2)CCN1. The number of amides is 2. The van der Waals surface area contributed by atoms with Gasteiger partial charge in [0, 0.05) is 30.2 Å². The number of carbonyl (C=O) groups is 2. The zero-order valence-electron chi connectivity index (χ0n) is 16.8. The first-order valence-electron chi connectivity index (χ1n) is 9.90. The Morgan fingerprint density at radius 3 is 2.38 bits per heavy atom. The lowest BCUT2D eigenvalue weighted by atomic mass is 10.0. The molecule has 5 nitrogen and oxygen atoms in total. The molecule has 3 aromatic rings. The van der Waals surface area contributed by atoms with Gasteiger partial charge in [-0.1, -0.05) is 54.1 Å². The van der Waals surface area contributed by atoms with Crippen LogP contribution in [0.4, 0.5) is 13.2 Å². The summed E-state index contributed by atoms with van der Waals surface area (Å²) < 4.78 is 43.2. The van der Waals surface area contributed by atoms with Crippen LogP contribution in [-0.4, -0.2) is 40.9 Å². The van der Waals surface area contributed by atoms with Gasteiger partial charge in [-0.25, -0.2) is 0 Å². The van der Waals surface area contributed by atoms with E-state index in [2.05, 4.69) is 5.32 Å². The number of aromatic nitrogens is 1. The zero-order chi connectivity index (χ0) is 22.9. The van der Waals surface area contributed by atoms with E-state index in [9.17, 15) is 22.8 Å². The van der Waals surface area contributed by atoms with Crippen molar-refractivity contribution in [3.63, 3.8) is 0 Å². The summed E-state index contributed by atoms with van der Waals surface area (Å²) in [6, 6.07) is 15.9. The Bertz CT molecular complexity index is 1140. The van der Waals surface area contributed by atoms with E-state index in [0.717, 1.165) is 10.6 Å². The molecular weight excluding hydrogens is 443 g/mol. The van der Waals surface area contributed by atoms with Gasteiger partial charge >= 0.3 is 6.18 Å². The Kier molecular flexibility index (Phi) is 5.97. The number of rotatable bonds is 4. The molecule has 4 rings (SSSR count). The molecule has 0 bridgehead atoms. The number of halogens is 4. The van der Waals surface area contributed by atoms with Gasteiger partial charge in [-0.15, -0.1) is 0 Å². The molecule has 0 aliphatic carbocycles. The molecule has 9 heteroatoms. The summed E-state index contributed by atoms with van der Waals surface area (Å²) >= 11 is 5.95. The number of piperazine rings is 1. The minimum atomic E-state index is -4.69. The maximum Gasteiger partial charge on any atom is 0.431 e. The molecule has 1 aromatic heterocycles. The van der Waals surface area contributed by atoms with Crippen molar-refractivity contribution in [1.29, 1.82) is 0 Å². The Morgan fingerprint density at radius 1 is 1.06 bits per heavy atom. The van der Waals surface area contributed by atoms with Crippen molar-refractivity contribution >= 4 is 23.4 Å². The van der Waals surface area contributed by atoms with Crippen LogP contribution >= 0.6 is 11.6 Å². The predicted octanol–water partition coefficient (Wildman–Crippen LogP) is 4.45. The van der Waals surface area contributed by atoms with Crippen LogP contribution in [-0.2, 0) is 17.5 Å². The van der Waals surface area contributed by atoms with Gasteiger partial charge in [0.25, 0.3) is 5.91 Å². The van der Waals surface area contributed by atoms with Gasteiger partial charge < -0.3 is 14.8 Å². The van der Waals surface area contributed by atoms with E-state index in [1.807, 2.05) is 0 Å². The Labute approximate surface area is 187 Å². The highest BCUT2D eigenvalue weighted by Crippen LogP contribution is 2.38. The van der Waals surface area contributed by atoms with Gasteiger partial charge in [0.1, 0.15) is 11.4 Å². The number of nitrogens with zero attached hydrogens (tertiary/aromatic N) is 2. The van der Waals surface area contributed by atoms with E-state index in [1.54, 1.807) is 54.6 Å². The average molecular weight is 462 g/mol. The van der Waals surface area contributed by atoms with Crippen molar-refractivity contribution in [3.8, 4) is 11.1 Å². The van der Waals surface area contributed by atoms with E-state index < -0.39 is 17.8 Å². The maximum atomic E-state index is 14.1. The second kappa shape index (κ2) is 8.70.